The smallest absolute Gasteiger partial charge is 0.324 e. The Kier molecular flexibility index (Phi) is 8.09. The molecule has 0 radical (unpaired) electrons. The van der Waals surface area contributed by atoms with Gasteiger partial charge in [-0.3, -0.25) is 9.69 Å². The van der Waals surface area contributed by atoms with E-state index in [-0.39, 0.29) is 28.4 Å². The van der Waals surface area contributed by atoms with Crippen LogP contribution in [0.4, 0.5) is 28.0 Å². The molecule has 4 rings (SSSR count). The number of urea groups is 1. The van der Waals surface area contributed by atoms with E-state index in [4.69, 9.17) is 0 Å². The third-order valence-electron chi connectivity index (χ3n) is 6.44. The number of rotatable bonds is 6. The highest BCUT2D eigenvalue weighted by atomic mass is 32.2. The van der Waals surface area contributed by atoms with Gasteiger partial charge in [0.25, 0.3) is 0 Å². The Labute approximate surface area is 211 Å². The van der Waals surface area contributed by atoms with E-state index in [9.17, 15) is 27.2 Å². The zero-order chi connectivity index (χ0) is 25.9. The van der Waals surface area contributed by atoms with Crippen LogP contribution in [0.1, 0.15) is 29.8 Å². The van der Waals surface area contributed by atoms with E-state index in [0.717, 1.165) is 24.1 Å². The highest BCUT2D eigenvalue weighted by molar-refractivity contribution is 8.01. The van der Waals surface area contributed by atoms with Crippen molar-refractivity contribution in [1.82, 2.24) is 14.7 Å². The van der Waals surface area contributed by atoms with Gasteiger partial charge in [-0.15, -0.1) is 11.8 Å². The predicted molar refractivity (Wildman–Crippen MR) is 131 cm³/mol. The number of nitrogens with zero attached hydrogens (tertiary/aromatic N) is 3. The van der Waals surface area contributed by atoms with Crippen molar-refractivity contribution < 1.29 is 27.2 Å². The first-order valence-corrected chi connectivity index (χ1v) is 12.8. The van der Waals surface area contributed by atoms with Gasteiger partial charge >= 0.3 is 12.2 Å². The SMILES string of the molecule is CCC1SC(c2ccc(F)cc2)N(CCN2CCN(C(=O)Nc3ccc(C(F)(F)F)cc3)CC2)C1=O. The van der Waals surface area contributed by atoms with E-state index in [2.05, 4.69) is 10.2 Å². The maximum atomic E-state index is 13.4. The largest absolute Gasteiger partial charge is 0.416 e. The molecule has 0 saturated carbocycles. The van der Waals surface area contributed by atoms with Crippen LogP contribution in [0.25, 0.3) is 0 Å². The van der Waals surface area contributed by atoms with Crippen LogP contribution in [-0.2, 0) is 11.0 Å². The third kappa shape index (κ3) is 6.12. The lowest BCUT2D eigenvalue weighted by molar-refractivity contribution is -0.137. The van der Waals surface area contributed by atoms with E-state index in [1.165, 1.54) is 24.3 Å². The van der Waals surface area contributed by atoms with Gasteiger partial charge in [-0.25, -0.2) is 9.18 Å². The summed E-state index contributed by atoms with van der Waals surface area (Å²) in [5.41, 5.74) is 0.434. The second-order valence-electron chi connectivity index (χ2n) is 8.80. The van der Waals surface area contributed by atoms with Crippen molar-refractivity contribution in [3.05, 3.63) is 65.5 Å². The third-order valence-corrected chi connectivity index (χ3v) is 8.09. The maximum Gasteiger partial charge on any atom is 0.416 e. The molecular weight excluding hydrogens is 496 g/mol. The molecule has 0 aromatic heterocycles. The van der Waals surface area contributed by atoms with Crippen LogP contribution in [-0.4, -0.2) is 71.2 Å². The minimum atomic E-state index is -4.42. The quantitative estimate of drug-likeness (QED) is 0.538. The number of hydrogen-bond acceptors (Lipinski definition) is 4. The van der Waals surface area contributed by atoms with E-state index >= 15 is 0 Å². The van der Waals surface area contributed by atoms with Gasteiger partial charge in [0.05, 0.1) is 10.8 Å². The number of amides is 3. The average Bonchev–Trinajstić information content (AvgIpc) is 3.18. The van der Waals surface area contributed by atoms with E-state index in [1.54, 1.807) is 28.8 Å². The summed E-state index contributed by atoms with van der Waals surface area (Å²) in [6.45, 7) is 5.33. The fourth-order valence-electron chi connectivity index (χ4n) is 4.34. The van der Waals surface area contributed by atoms with Crippen LogP contribution in [0, 0.1) is 5.82 Å². The van der Waals surface area contributed by atoms with Gasteiger partial charge in [0.1, 0.15) is 11.2 Å². The summed E-state index contributed by atoms with van der Waals surface area (Å²) in [5.74, 6) is -0.224. The van der Waals surface area contributed by atoms with Gasteiger partial charge in [-0.2, -0.15) is 13.2 Å². The molecule has 2 aromatic carbocycles. The first-order valence-electron chi connectivity index (χ1n) is 11.8. The predicted octanol–water partition coefficient (Wildman–Crippen LogP) is 5.05. The summed E-state index contributed by atoms with van der Waals surface area (Å²) in [5, 5.41) is 2.37. The zero-order valence-electron chi connectivity index (χ0n) is 19.8. The molecule has 3 amide bonds. The van der Waals surface area contributed by atoms with Crippen molar-refractivity contribution in [3.63, 3.8) is 0 Å². The number of halogens is 4. The van der Waals surface area contributed by atoms with Crippen LogP contribution in [0.3, 0.4) is 0 Å². The number of nitrogens with one attached hydrogen (secondary N) is 1. The Morgan fingerprint density at radius 2 is 1.64 bits per heavy atom. The maximum absolute atomic E-state index is 13.4. The van der Waals surface area contributed by atoms with E-state index in [1.807, 2.05) is 11.8 Å². The van der Waals surface area contributed by atoms with Gasteiger partial charge in [-0.05, 0) is 48.4 Å². The lowest BCUT2D eigenvalue weighted by Crippen LogP contribution is -2.51. The number of carbonyl (C=O) groups excluding carboxylic acids is 2. The molecule has 2 aliphatic rings. The van der Waals surface area contributed by atoms with Crippen molar-refractivity contribution in [2.45, 2.75) is 30.1 Å². The molecular formula is C25H28F4N4O2S. The molecule has 6 nitrogen and oxygen atoms in total. The second-order valence-corrected chi connectivity index (χ2v) is 10.1. The molecule has 0 aliphatic carbocycles. The first kappa shape index (κ1) is 26.3. The Morgan fingerprint density at radius 3 is 2.22 bits per heavy atom. The Bertz CT molecular complexity index is 1060. The molecule has 2 unspecified atom stereocenters. The summed E-state index contributed by atoms with van der Waals surface area (Å²) >= 11 is 1.59. The Morgan fingerprint density at radius 1 is 1.00 bits per heavy atom. The van der Waals surface area contributed by atoms with Gasteiger partial charge in [0.2, 0.25) is 5.91 Å². The molecule has 0 spiro atoms. The van der Waals surface area contributed by atoms with Gasteiger partial charge in [0, 0.05) is 45.0 Å². The number of carbonyl (C=O) groups is 2. The lowest BCUT2D eigenvalue weighted by Gasteiger charge is -2.36. The molecule has 11 heteroatoms. The number of hydrogen-bond donors (Lipinski definition) is 1. The van der Waals surface area contributed by atoms with Crippen molar-refractivity contribution in [2.24, 2.45) is 0 Å². The van der Waals surface area contributed by atoms with Crippen LogP contribution in [0.15, 0.2) is 48.5 Å². The average molecular weight is 525 g/mol. The Hall–Kier alpha value is -2.79. The number of anilines is 1. The zero-order valence-corrected chi connectivity index (χ0v) is 20.6. The van der Waals surface area contributed by atoms with Crippen molar-refractivity contribution >= 4 is 29.4 Å². The van der Waals surface area contributed by atoms with Crippen LogP contribution >= 0.6 is 11.8 Å². The molecule has 2 saturated heterocycles. The number of thioether (sulfide) groups is 1. The van der Waals surface area contributed by atoms with Crippen LogP contribution in [0.5, 0.6) is 0 Å². The summed E-state index contributed by atoms with van der Waals surface area (Å²) in [6.07, 6.45) is -3.70. The van der Waals surface area contributed by atoms with Gasteiger partial charge < -0.3 is 15.1 Å². The monoisotopic (exact) mass is 524 g/mol. The van der Waals surface area contributed by atoms with Crippen molar-refractivity contribution in [1.29, 1.82) is 0 Å². The molecule has 0 bridgehead atoms. The topological polar surface area (TPSA) is 55.9 Å². The minimum absolute atomic E-state index is 0.0892. The minimum Gasteiger partial charge on any atom is -0.324 e. The van der Waals surface area contributed by atoms with Gasteiger partial charge in [-0.1, -0.05) is 19.1 Å². The summed E-state index contributed by atoms with van der Waals surface area (Å²) in [7, 11) is 0. The second kappa shape index (κ2) is 11.1. The molecule has 2 heterocycles. The van der Waals surface area contributed by atoms with Gasteiger partial charge in [0.15, 0.2) is 0 Å². The normalized spacial score (nSPS) is 21.2. The molecule has 1 N–H and O–H groups in total. The van der Waals surface area contributed by atoms with Crippen molar-refractivity contribution in [2.75, 3.05) is 44.6 Å². The number of alkyl halides is 3. The van der Waals surface area contributed by atoms with Crippen molar-refractivity contribution in [3.8, 4) is 0 Å². The first-order chi connectivity index (χ1) is 17.2. The van der Waals surface area contributed by atoms with E-state index in [0.29, 0.717) is 45.0 Å². The molecule has 2 aliphatic heterocycles. The fourth-order valence-corrected chi connectivity index (χ4v) is 5.77. The summed E-state index contributed by atoms with van der Waals surface area (Å²) in [4.78, 5) is 31.2. The van der Waals surface area contributed by atoms with Crippen LogP contribution in [0.2, 0.25) is 0 Å². The van der Waals surface area contributed by atoms with Crippen LogP contribution < -0.4 is 5.32 Å². The molecule has 36 heavy (non-hydrogen) atoms. The van der Waals surface area contributed by atoms with E-state index < -0.39 is 11.7 Å². The lowest BCUT2D eigenvalue weighted by atomic mass is 10.2. The molecule has 2 fully saturated rings. The molecule has 2 atom stereocenters. The molecule has 2 aromatic rings. The highest BCUT2D eigenvalue weighted by Gasteiger charge is 2.40. The highest BCUT2D eigenvalue weighted by Crippen LogP contribution is 2.44. The standard InChI is InChI=1S/C25H28F4N4O2S/c1-2-21-22(34)33(23(36-21)17-3-7-19(26)8-4-17)16-13-31-11-14-32(15-12-31)24(35)30-20-9-5-18(6-10-20)25(27,28)29/h3-10,21,23H,2,11-16H2,1H3,(H,30,35). The molecule has 194 valence electrons. The summed E-state index contributed by atoms with van der Waals surface area (Å²) in [6, 6.07) is 10.3. The fraction of sp³-hybridized carbons (Fsp3) is 0.440. The Balaban J connectivity index is 1.28. The number of piperazine rings is 1. The number of benzene rings is 2. The summed E-state index contributed by atoms with van der Waals surface area (Å²) < 4.78 is 51.5.